The summed E-state index contributed by atoms with van der Waals surface area (Å²) in [5, 5.41) is 1.35. The molecule has 0 atom stereocenters. The summed E-state index contributed by atoms with van der Waals surface area (Å²) in [7, 11) is -6.16. The Kier molecular flexibility index (Phi) is 10.6. The van der Waals surface area contributed by atoms with Crippen molar-refractivity contribution >= 4 is 64.3 Å². The van der Waals surface area contributed by atoms with Crippen LogP contribution in [0.4, 0.5) is 13.2 Å². The largest absolute Gasteiger partial charge is 0.416 e. The van der Waals surface area contributed by atoms with Crippen LogP contribution in [0.2, 0.25) is 89.6 Å². The highest BCUT2D eigenvalue weighted by Gasteiger charge is 2.61. The maximum absolute atomic E-state index is 13.6. The van der Waals surface area contributed by atoms with Crippen LogP contribution < -0.4 is 5.19 Å². The fraction of sp³-hybridized carbons (Fsp3) is 0.760. The van der Waals surface area contributed by atoms with Gasteiger partial charge in [0.1, 0.15) is 0 Å². The van der Waals surface area contributed by atoms with Gasteiger partial charge in [0.15, 0.2) is 0 Å². The van der Waals surface area contributed by atoms with Gasteiger partial charge in [0, 0.05) is 37.8 Å². The van der Waals surface area contributed by atoms with Crippen molar-refractivity contribution < 1.29 is 13.2 Å². The molecular weight excluding hydrogens is 582 g/mol. The van der Waals surface area contributed by atoms with Crippen molar-refractivity contribution in [3.63, 3.8) is 0 Å². The second kappa shape index (κ2) is 11.0. The second-order valence-corrected chi connectivity index (χ2v) is 89.3. The molecule has 0 aromatic heterocycles. The van der Waals surface area contributed by atoms with Crippen LogP contribution in [0.15, 0.2) is 24.3 Å². The first-order valence-electron chi connectivity index (χ1n) is 13.5. The number of benzene rings is 1. The van der Waals surface area contributed by atoms with Crippen LogP contribution >= 0.6 is 0 Å². The van der Waals surface area contributed by atoms with Gasteiger partial charge >= 0.3 is 6.18 Å². The molecule has 0 fully saturated rings. The maximum Gasteiger partial charge on any atom is 0.416 e. The smallest absolute Gasteiger partial charge is 0.166 e. The predicted octanol–water partition coefficient (Wildman–Crippen LogP) is 8.57. The summed E-state index contributed by atoms with van der Waals surface area (Å²) >= 11 is 0. The molecule has 0 spiro atoms. The van der Waals surface area contributed by atoms with Crippen LogP contribution in [0, 0.1) is 0 Å². The number of hydrogen-bond acceptors (Lipinski definition) is 0. The van der Waals surface area contributed by atoms with Gasteiger partial charge in [-0.2, -0.15) is 13.2 Å². The van der Waals surface area contributed by atoms with Gasteiger partial charge in [0.25, 0.3) is 0 Å². The highest BCUT2D eigenvalue weighted by Crippen LogP contribution is 2.41. The van der Waals surface area contributed by atoms with Crippen LogP contribution in [0.25, 0.3) is 0 Å². The maximum atomic E-state index is 13.6. The lowest BCUT2D eigenvalue weighted by Crippen LogP contribution is -2.84. The van der Waals surface area contributed by atoms with E-state index in [9.17, 15) is 13.2 Å². The topological polar surface area (TPSA) is 0 Å². The van der Waals surface area contributed by atoms with Gasteiger partial charge in [0.2, 0.25) is 0 Å². The van der Waals surface area contributed by atoms with Gasteiger partial charge in [0.05, 0.1) is 18.8 Å². The third-order valence-electron chi connectivity index (χ3n) is 8.68. The molecule has 11 heteroatoms. The van der Waals surface area contributed by atoms with Crippen molar-refractivity contribution in [2.75, 3.05) is 0 Å². The van der Waals surface area contributed by atoms with E-state index in [4.69, 9.17) is 0 Å². The zero-order valence-electron chi connectivity index (χ0n) is 26.1. The molecule has 0 nitrogen and oxygen atoms in total. The molecule has 0 heterocycles. The first-order valence-corrected chi connectivity index (χ1v) is 41.2. The number of halogens is 3. The Morgan fingerprint density at radius 1 is 0.611 bits per heavy atom. The Labute approximate surface area is 229 Å². The van der Waals surface area contributed by atoms with Crippen LogP contribution in [0.1, 0.15) is 33.3 Å². The van der Waals surface area contributed by atoms with Crippen molar-refractivity contribution in [1.82, 2.24) is 0 Å². The quantitative estimate of drug-likeness (QED) is 0.239. The van der Waals surface area contributed by atoms with Gasteiger partial charge in [-0.25, -0.2) is 0 Å². The molecule has 0 aliphatic carbocycles. The van der Waals surface area contributed by atoms with Gasteiger partial charge in [-0.15, -0.1) is 0 Å². The van der Waals surface area contributed by atoms with Crippen molar-refractivity contribution in [2.45, 2.75) is 124 Å². The van der Waals surface area contributed by atoms with Crippen molar-refractivity contribution in [3.05, 3.63) is 29.8 Å². The average Bonchev–Trinajstić information content (AvgIpc) is 2.59. The molecule has 0 saturated carbocycles. The zero-order valence-corrected chi connectivity index (χ0v) is 34.1. The van der Waals surface area contributed by atoms with E-state index in [0.29, 0.717) is 5.54 Å². The third kappa shape index (κ3) is 6.22. The first-order chi connectivity index (χ1) is 15.7. The Balaban J connectivity index is 4.50. The summed E-state index contributed by atoms with van der Waals surface area (Å²) in [5.41, 5.74) is 0.934. The van der Waals surface area contributed by atoms with Gasteiger partial charge < -0.3 is 0 Å². The van der Waals surface area contributed by atoms with Gasteiger partial charge in [-0.05, 0) is 20.3 Å². The molecule has 0 saturated heterocycles. The molecule has 36 heavy (non-hydrogen) atoms. The van der Waals surface area contributed by atoms with E-state index >= 15 is 0 Å². The average molecular weight is 636 g/mol. The van der Waals surface area contributed by atoms with Gasteiger partial charge in [-0.1, -0.05) is 135 Å². The number of hydrogen-bond donors (Lipinski definition) is 0. The Morgan fingerprint density at radius 3 is 1.19 bits per heavy atom. The molecule has 1 rings (SSSR count). The summed E-state index contributed by atoms with van der Waals surface area (Å²) in [5.74, 6) is 0. The molecule has 0 aliphatic heterocycles. The summed E-state index contributed by atoms with van der Waals surface area (Å²) in [6.45, 7) is 38.3. The highest BCUT2D eigenvalue weighted by atomic mass is 30.1. The van der Waals surface area contributed by atoms with E-state index < -0.39 is 62.8 Å². The summed E-state index contributed by atoms with van der Waals surface area (Å²) < 4.78 is 40.8. The second-order valence-electron chi connectivity index (χ2n) is 15.5. The minimum absolute atomic E-state index is 0.489. The normalized spacial score (nSPS) is 15.8. The summed E-state index contributed by atoms with van der Waals surface area (Å²) in [6.07, 6.45) is -4.27. The van der Waals surface area contributed by atoms with Crippen LogP contribution in [-0.2, 0) is 6.18 Å². The third-order valence-corrected chi connectivity index (χ3v) is 151. The molecular formula is C25H54F3Si8. The molecule has 0 amide bonds. The van der Waals surface area contributed by atoms with E-state index in [1.807, 2.05) is 12.1 Å². The SMILES string of the molecule is CC(C)[Si]([Si]=[Si](c1ccc(C(F)(F)F)cc1)[Si](C(C)C)([Si](C)(C)C)[Si](C)(C)C)([Si](C)(C)C)[Si](C)(C)C. The molecule has 0 bridgehead atoms. The zero-order chi connectivity index (χ0) is 28.9. The predicted molar refractivity (Wildman–Crippen MR) is 178 cm³/mol. The van der Waals surface area contributed by atoms with Crippen LogP contribution in [0.3, 0.4) is 0 Å². The van der Waals surface area contributed by atoms with E-state index in [0.717, 1.165) is 13.7 Å². The van der Waals surface area contributed by atoms with E-state index in [1.54, 1.807) is 0 Å². The summed E-state index contributed by atoms with van der Waals surface area (Å²) in [4.78, 5) is 0. The van der Waals surface area contributed by atoms with Crippen molar-refractivity contribution in [2.24, 2.45) is 0 Å². The van der Waals surface area contributed by atoms with Gasteiger partial charge in [-0.3, -0.25) is 0 Å². The van der Waals surface area contributed by atoms with E-state index in [-0.39, 0.29) is 0 Å². The van der Waals surface area contributed by atoms with E-state index in [2.05, 4.69) is 106 Å². The van der Waals surface area contributed by atoms with Crippen molar-refractivity contribution in [1.29, 1.82) is 0 Å². The molecule has 1 aromatic carbocycles. The fourth-order valence-corrected chi connectivity index (χ4v) is 223. The lowest BCUT2D eigenvalue weighted by molar-refractivity contribution is -0.137. The Bertz CT molecular complexity index is 895. The Morgan fingerprint density at radius 2 is 0.972 bits per heavy atom. The standard InChI is InChI=1S/C25H54F3Si8/c1-21(2)35(31(5,6)7,32(8,9)10)29-30(24-19-17-23(18-20-24)25(26,27)28)36(22(3)4,33(11,12)13)34(14,15)16/h17-22H,1-16H3. The first kappa shape index (κ1) is 34.8. The molecule has 0 aliphatic rings. The highest BCUT2D eigenvalue weighted by molar-refractivity contribution is 7.96. The lowest BCUT2D eigenvalue weighted by Gasteiger charge is -2.58. The number of rotatable bonds is 9. The van der Waals surface area contributed by atoms with Crippen LogP contribution in [-0.4, -0.2) is 59.2 Å². The Hall–Kier alpha value is 0.745. The lowest BCUT2D eigenvalue weighted by atomic mass is 10.2. The molecule has 1 aromatic rings. The molecule has 1 radical (unpaired) electrons. The molecule has 0 N–H and O–H groups in total. The minimum Gasteiger partial charge on any atom is -0.166 e. The summed E-state index contributed by atoms with van der Waals surface area (Å²) in [6, 6.07) is 6.75. The number of alkyl halides is 3. The fourth-order valence-electron chi connectivity index (χ4n) is 8.69. The van der Waals surface area contributed by atoms with E-state index in [1.165, 1.54) is 17.3 Å². The molecule has 0 unspecified atom stereocenters. The van der Waals surface area contributed by atoms with Crippen LogP contribution in [0.5, 0.6) is 0 Å². The molecule has 207 valence electrons. The minimum atomic E-state index is -4.27. The van der Waals surface area contributed by atoms with Crippen molar-refractivity contribution in [3.8, 4) is 0 Å². The monoisotopic (exact) mass is 635 g/mol.